The molecule has 24 heavy (non-hydrogen) atoms. The smallest absolute Gasteiger partial charge is 0.234 e. The van der Waals surface area contributed by atoms with Crippen LogP contribution in [0.1, 0.15) is 33.3 Å². The average Bonchev–Trinajstić information content (AvgIpc) is 2.46. The van der Waals surface area contributed by atoms with Gasteiger partial charge in [0, 0.05) is 12.1 Å². The molecule has 1 aromatic carbocycles. The maximum atomic E-state index is 12.8. The Morgan fingerprint density at radius 3 is 2.21 bits per heavy atom. The Morgan fingerprint density at radius 1 is 1.08 bits per heavy atom. The lowest BCUT2D eigenvalue weighted by Gasteiger charge is -2.24. The summed E-state index contributed by atoms with van der Waals surface area (Å²) in [5, 5.41) is 5.71. The van der Waals surface area contributed by atoms with Crippen molar-refractivity contribution < 1.29 is 14.0 Å². The van der Waals surface area contributed by atoms with Gasteiger partial charge < -0.3 is 10.6 Å². The summed E-state index contributed by atoms with van der Waals surface area (Å²) in [6.07, 6.45) is 0.642. The molecular weight excluding hydrogens is 309 g/mol. The number of halogens is 1. The van der Waals surface area contributed by atoms with Gasteiger partial charge in [0.15, 0.2) is 0 Å². The van der Waals surface area contributed by atoms with Crippen molar-refractivity contribution in [3.8, 4) is 0 Å². The zero-order chi connectivity index (χ0) is 18.2. The highest BCUT2D eigenvalue weighted by atomic mass is 19.1. The summed E-state index contributed by atoms with van der Waals surface area (Å²) in [4.78, 5) is 25.7. The summed E-state index contributed by atoms with van der Waals surface area (Å²) >= 11 is 0. The van der Waals surface area contributed by atoms with Crippen LogP contribution in [0.2, 0.25) is 0 Å². The van der Waals surface area contributed by atoms with Gasteiger partial charge in [0.1, 0.15) is 5.82 Å². The fourth-order valence-electron chi connectivity index (χ4n) is 2.20. The van der Waals surface area contributed by atoms with Crippen LogP contribution in [0, 0.1) is 5.82 Å². The molecule has 6 heteroatoms. The quantitative estimate of drug-likeness (QED) is 0.759. The number of carbonyl (C=O) groups excluding carboxylic acids is 2. The van der Waals surface area contributed by atoms with Crippen molar-refractivity contribution in [1.82, 2.24) is 15.5 Å². The molecule has 1 aromatic rings. The van der Waals surface area contributed by atoms with Crippen molar-refractivity contribution in [1.29, 1.82) is 0 Å². The van der Waals surface area contributed by atoms with Gasteiger partial charge in [-0.3, -0.25) is 14.5 Å². The molecule has 1 rings (SSSR count). The highest BCUT2D eigenvalue weighted by Gasteiger charge is 2.17. The van der Waals surface area contributed by atoms with Crippen LogP contribution in [-0.2, 0) is 16.0 Å². The number of rotatable bonds is 8. The summed E-state index contributed by atoms with van der Waals surface area (Å²) in [7, 11) is 0. The number of nitrogens with zero attached hydrogens (tertiary/aromatic N) is 1. The van der Waals surface area contributed by atoms with Crippen LogP contribution < -0.4 is 10.6 Å². The maximum absolute atomic E-state index is 12.8. The SMILES string of the molecule is CCN(CC(=O)NCCc1ccc(F)cc1)CC(=O)NC(C)(C)C. The second kappa shape index (κ2) is 9.37. The van der Waals surface area contributed by atoms with E-state index in [4.69, 9.17) is 0 Å². The minimum atomic E-state index is -0.284. The lowest BCUT2D eigenvalue weighted by molar-refractivity contribution is -0.125. The minimum absolute atomic E-state index is 0.0940. The van der Waals surface area contributed by atoms with Gasteiger partial charge in [-0.15, -0.1) is 0 Å². The van der Waals surface area contributed by atoms with E-state index in [9.17, 15) is 14.0 Å². The first kappa shape index (κ1) is 20.1. The van der Waals surface area contributed by atoms with E-state index in [1.807, 2.05) is 27.7 Å². The fourth-order valence-corrected chi connectivity index (χ4v) is 2.20. The van der Waals surface area contributed by atoms with Crippen LogP contribution >= 0.6 is 0 Å². The Bertz CT molecular complexity index is 538. The normalized spacial score (nSPS) is 11.4. The third-order valence-electron chi connectivity index (χ3n) is 3.35. The summed E-state index contributed by atoms with van der Waals surface area (Å²) in [6, 6.07) is 6.22. The van der Waals surface area contributed by atoms with Gasteiger partial charge in [-0.05, 0) is 51.4 Å². The number of hydrogen-bond donors (Lipinski definition) is 2. The number of amides is 2. The van der Waals surface area contributed by atoms with Crippen LogP contribution in [0.3, 0.4) is 0 Å². The molecule has 0 saturated carbocycles. The van der Waals surface area contributed by atoms with E-state index in [2.05, 4.69) is 10.6 Å². The second-order valence-electron chi connectivity index (χ2n) is 6.83. The first-order chi connectivity index (χ1) is 11.2. The van der Waals surface area contributed by atoms with E-state index in [-0.39, 0.29) is 36.3 Å². The molecule has 0 radical (unpaired) electrons. The predicted octanol–water partition coefficient (Wildman–Crippen LogP) is 1.72. The van der Waals surface area contributed by atoms with Crippen molar-refractivity contribution in [3.05, 3.63) is 35.6 Å². The largest absolute Gasteiger partial charge is 0.355 e. The van der Waals surface area contributed by atoms with Gasteiger partial charge in [-0.25, -0.2) is 4.39 Å². The van der Waals surface area contributed by atoms with Gasteiger partial charge >= 0.3 is 0 Å². The Labute approximate surface area is 143 Å². The Balaban J connectivity index is 2.33. The zero-order valence-corrected chi connectivity index (χ0v) is 15.0. The Kier molecular flexibility index (Phi) is 7.85. The molecule has 5 nitrogen and oxygen atoms in total. The second-order valence-corrected chi connectivity index (χ2v) is 6.83. The van der Waals surface area contributed by atoms with Gasteiger partial charge in [0.2, 0.25) is 11.8 Å². The predicted molar refractivity (Wildman–Crippen MR) is 93.1 cm³/mol. The highest BCUT2D eigenvalue weighted by Crippen LogP contribution is 2.03. The lowest BCUT2D eigenvalue weighted by atomic mass is 10.1. The van der Waals surface area contributed by atoms with Gasteiger partial charge in [-0.2, -0.15) is 0 Å². The summed E-state index contributed by atoms with van der Waals surface area (Å²) in [5.41, 5.74) is 0.682. The van der Waals surface area contributed by atoms with E-state index < -0.39 is 0 Å². The third-order valence-corrected chi connectivity index (χ3v) is 3.35. The molecule has 0 atom stereocenters. The fraction of sp³-hybridized carbons (Fsp3) is 0.556. The number of benzene rings is 1. The van der Waals surface area contributed by atoms with E-state index in [1.54, 1.807) is 17.0 Å². The number of hydrogen-bond acceptors (Lipinski definition) is 3. The molecule has 0 saturated heterocycles. The van der Waals surface area contributed by atoms with Crippen LogP contribution in [0.4, 0.5) is 4.39 Å². The molecule has 2 amide bonds. The maximum Gasteiger partial charge on any atom is 0.234 e. The molecule has 134 valence electrons. The molecule has 0 aliphatic carbocycles. The summed E-state index contributed by atoms with van der Waals surface area (Å²) in [6.45, 7) is 9.14. The van der Waals surface area contributed by atoms with Gasteiger partial charge in [-0.1, -0.05) is 19.1 Å². The molecule has 0 unspecified atom stereocenters. The summed E-state index contributed by atoms with van der Waals surface area (Å²) in [5.74, 6) is -0.485. The molecule has 2 N–H and O–H groups in total. The molecule has 0 aromatic heterocycles. The van der Waals surface area contributed by atoms with E-state index in [1.165, 1.54) is 12.1 Å². The number of carbonyl (C=O) groups is 2. The number of likely N-dealkylation sites (N-methyl/N-ethyl adjacent to an activating group) is 1. The van der Waals surface area contributed by atoms with E-state index in [0.717, 1.165) is 5.56 Å². The molecule has 0 aliphatic heterocycles. The molecule has 0 fully saturated rings. The van der Waals surface area contributed by atoms with Crippen molar-refractivity contribution in [2.24, 2.45) is 0 Å². The van der Waals surface area contributed by atoms with Crippen LogP contribution in [-0.4, -0.2) is 48.4 Å². The molecule has 0 aliphatic rings. The highest BCUT2D eigenvalue weighted by molar-refractivity contribution is 5.81. The number of nitrogens with one attached hydrogen (secondary N) is 2. The topological polar surface area (TPSA) is 61.4 Å². The first-order valence-corrected chi connectivity index (χ1v) is 8.24. The molecule has 0 bridgehead atoms. The van der Waals surface area contributed by atoms with Crippen molar-refractivity contribution in [2.75, 3.05) is 26.2 Å². The lowest BCUT2D eigenvalue weighted by Crippen LogP contribution is -2.48. The standard InChI is InChI=1S/C18H28FN3O2/c1-5-22(13-17(24)21-18(2,3)4)12-16(23)20-11-10-14-6-8-15(19)9-7-14/h6-9H,5,10-13H2,1-4H3,(H,20,23)(H,21,24). The monoisotopic (exact) mass is 337 g/mol. The third kappa shape index (κ3) is 8.62. The van der Waals surface area contributed by atoms with Crippen LogP contribution in [0.25, 0.3) is 0 Å². The van der Waals surface area contributed by atoms with Crippen molar-refractivity contribution in [3.63, 3.8) is 0 Å². The van der Waals surface area contributed by atoms with E-state index in [0.29, 0.717) is 19.5 Å². The van der Waals surface area contributed by atoms with Crippen molar-refractivity contribution in [2.45, 2.75) is 39.7 Å². The molecule has 0 heterocycles. The van der Waals surface area contributed by atoms with Gasteiger partial charge in [0.25, 0.3) is 0 Å². The van der Waals surface area contributed by atoms with E-state index >= 15 is 0 Å². The molecule has 0 spiro atoms. The first-order valence-electron chi connectivity index (χ1n) is 8.24. The van der Waals surface area contributed by atoms with Gasteiger partial charge in [0.05, 0.1) is 13.1 Å². The Morgan fingerprint density at radius 2 is 1.67 bits per heavy atom. The van der Waals surface area contributed by atoms with Crippen molar-refractivity contribution >= 4 is 11.8 Å². The zero-order valence-electron chi connectivity index (χ0n) is 15.0. The molecular formula is C18H28FN3O2. The Hall–Kier alpha value is -1.95. The summed E-state index contributed by atoms with van der Waals surface area (Å²) < 4.78 is 12.8. The van der Waals surface area contributed by atoms with Crippen LogP contribution in [0.5, 0.6) is 0 Å². The minimum Gasteiger partial charge on any atom is -0.355 e. The van der Waals surface area contributed by atoms with Crippen LogP contribution in [0.15, 0.2) is 24.3 Å². The average molecular weight is 337 g/mol.